The van der Waals surface area contributed by atoms with Crippen molar-refractivity contribution in [2.75, 3.05) is 18.8 Å². The van der Waals surface area contributed by atoms with Gasteiger partial charge in [0, 0.05) is 18.8 Å². The van der Waals surface area contributed by atoms with Crippen LogP contribution in [-0.4, -0.2) is 25.8 Å². The van der Waals surface area contributed by atoms with Crippen molar-refractivity contribution in [3.05, 3.63) is 49.6 Å². The van der Waals surface area contributed by atoms with Gasteiger partial charge in [-0.15, -0.1) is 13.2 Å². The van der Waals surface area contributed by atoms with Crippen LogP contribution >= 0.6 is 0 Å². The number of hydrogen-bond acceptors (Lipinski definition) is 3. The summed E-state index contributed by atoms with van der Waals surface area (Å²) < 4.78 is 25.8. The molecule has 0 aliphatic carbocycles. The molecule has 1 aromatic rings. The molecule has 0 bridgehead atoms. The Morgan fingerprint density at radius 3 is 2.29 bits per heavy atom. The van der Waals surface area contributed by atoms with Gasteiger partial charge in [-0.1, -0.05) is 18.2 Å². The molecule has 0 aliphatic heterocycles. The van der Waals surface area contributed by atoms with E-state index in [9.17, 15) is 8.42 Å². The van der Waals surface area contributed by atoms with Crippen LogP contribution in [0.15, 0.2) is 54.5 Å². The molecule has 0 amide bonds. The summed E-state index contributed by atoms with van der Waals surface area (Å²) in [7, 11) is -3.54. The molecule has 0 unspecified atom stereocenters. The molecule has 1 rings (SSSR count). The molecule has 0 saturated heterocycles. The van der Waals surface area contributed by atoms with Crippen LogP contribution in [0.3, 0.4) is 0 Å². The first-order valence-electron chi connectivity index (χ1n) is 5.10. The van der Waals surface area contributed by atoms with E-state index in [1.807, 2.05) is 0 Å². The van der Waals surface area contributed by atoms with Crippen molar-refractivity contribution < 1.29 is 8.42 Å². The van der Waals surface area contributed by atoms with Crippen molar-refractivity contribution in [1.29, 1.82) is 0 Å². The van der Waals surface area contributed by atoms with Gasteiger partial charge in [0.1, 0.15) is 0 Å². The molecule has 0 radical (unpaired) electrons. The molecule has 5 heteroatoms. The Labute approximate surface area is 102 Å². The molecule has 0 fully saturated rings. The minimum absolute atomic E-state index is 0.182. The predicted molar refractivity (Wildman–Crippen MR) is 70.0 cm³/mol. The first-order chi connectivity index (χ1) is 8.02. The van der Waals surface area contributed by atoms with E-state index in [0.717, 1.165) is 0 Å². The topological polar surface area (TPSA) is 63.4 Å². The van der Waals surface area contributed by atoms with Gasteiger partial charge < -0.3 is 5.73 Å². The summed E-state index contributed by atoms with van der Waals surface area (Å²) >= 11 is 0. The quantitative estimate of drug-likeness (QED) is 0.618. The van der Waals surface area contributed by atoms with Crippen LogP contribution in [0.4, 0.5) is 5.69 Å². The van der Waals surface area contributed by atoms with Crippen molar-refractivity contribution in [2.24, 2.45) is 0 Å². The van der Waals surface area contributed by atoms with Crippen LogP contribution in [0.1, 0.15) is 0 Å². The number of sulfonamides is 1. The molecule has 0 saturated carbocycles. The zero-order valence-electron chi connectivity index (χ0n) is 9.54. The molecule has 0 spiro atoms. The van der Waals surface area contributed by atoms with E-state index in [2.05, 4.69) is 13.2 Å². The van der Waals surface area contributed by atoms with E-state index in [1.165, 1.54) is 28.6 Å². The number of nitrogens with two attached hydrogens (primary N) is 1. The fourth-order valence-electron chi connectivity index (χ4n) is 1.38. The summed E-state index contributed by atoms with van der Waals surface area (Å²) in [6.07, 6.45) is 3.07. The van der Waals surface area contributed by atoms with Crippen LogP contribution < -0.4 is 5.73 Å². The Kier molecular flexibility index (Phi) is 4.48. The Balaban J connectivity index is 3.15. The van der Waals surface area contributed by atoms with Gasteiger partial charge in [-0.2, -0.15) is 4.31 Å². The minimum atomic E-state index is -3.54. The van der Waals surface area contributed by atoms with Crippen molar-refractivity contribution in [2.45, 2.75) is 4.90 Å². The fourth-order valence-corrected chi connectivity index (χ4v) is 2.82. The molecular formula is C12H16N2O2S. The average molecular weight is 252 g/mol. The number of hydrogen-bond donors (Lipinski definition) is 1. The SMILES string of the molecule is C=CCN(CC=C)S(=O)(=O)c1cccc(N)c1. The van der Waals surface area contributed by atoms with Crippen molar-refractivity contribution >= 4 is 15.7 Å². The Morgan fingerprint density at radius 2 is 1.82 bits per heavy atom. The maximum absolute atomic E-state index is 12.2. The monoisotopic (exact) mass is 252 g/mol. The smallest absolute Gasteiger partial charge is 0.243 e. The van der Waals surface area contributed by atoms with E-state index in [-0.39, 0.29) is 18.0 Å². The maximum Gasteiger partial charge on any atom is 0.243 e. The number of anilines is 1. The summed E-state index contributed by atoms with van der Waals surface area (Å²) in [6.45, 7) is 7.56. The third-order valence-electron chi connectivity index (χ3n) is 2.16. The van der Waals surface area contributed by atoms with E-state index in [0.29, 0.717) is 5.69 Å². The standard InChI is InChI=1S/C12H16N2O2S/c1-3-8-14(9-4-2)17(15,16)12-7-5-6-11(13)10-12/h3-7,10H,1-2,8-9,13H2. The van der Waals surface area contributed by atoms with Crippen LogP contribution in [0.2, 0.25) is 0 Å². The highest BCUT2D eigenvalue weighted by Gasteiger charge is 2.22. The number of nitrogen functional groups attached to an aromatic ring is 1. The molecule has 4 nitrogen and oxygen atoms in total. The lowest BCUT2D eigenvalue weighted by Crippen LogP contribution is -2.31. The molecule has 2 N–H and O–H groups in total. The number of nitrogens with zero attached hydrogens (tertiary/aromatic N) is 1. The third kappa shape index (κ3) is 3.18. The lowest BCUT2D eigenvalue weighted by atomic mass is 10.3. The Bertz CT molecular complexity index is 499. The van der Waals surface area contributed by atoms with Crippen molar-refractivity contribution in [3.63, 3.8) is 0 Å². The van der Waals surface area contributed by atoms with E-state index in [1.54, 1.807) is 12.1 Å². The lowest BCUT2D eigenvalue weighted by Gasteiger charge is -2.19. The largest absolute Gasteiger partial charge is 0.399 e. The summed E-state index contributed by atoms with van der Waals surface area (Å²) in [5.74, 6) is 0. The van der Waals surface area contributed by atoms with Crippen molar-refractivity contribution in [3.8, 4) is 0 Å². The molecule has 0 heterocycles. The lowest BCUT2D eigenvalue weighted by molar-refractivity contribution is 0.474. The second kappa shape index (κ2) is 5.65. The van der Waals surface area contributed by atoms with Crippen molar-refractivity contribution in [1.82, 2.24) is 4.31 Å². The van der Waals surface area contributed by atoms with Crippen LogP contribution in [0, 0.1) is 0 Å². The van der Waals surface area contributed by atoms with E-state index < -0.39 is 10.0 Å². The highest BCUT2D eigenvalue weighted by atomic mass is 32.2. The Morgan fingerprint density at radius 1 is 1.24 bits per heavy atom. The molecule has 1 aromatic carbocycles. The Hall–Kier alpha value is -1.59. The van der Waals surface area contributed by atoms with Gasteiger partial charge in [-0.25, -0.2) is 8.42 Å². The fraction of sp³-hybridized carbons (Fsp3) is 0.167. The third-order valence-corrected chi connectivity index (χ3v) is 3.99. The van der Waals surface area contributed by atoms with Gasteiger partial charge in [0.05, 0.1) is 4.90 Å². The predicted octanol–water partition coefficient (Wildman–Crippen LogP) is 1.63. The highest BCUT2D eigenvalue weighted by Crippen LogP contribution is 2.17. The van der Waals surface area contributed by atoms with Crippen LogP contribution in [0.25, 0.3) is 0 Å². The van der Waals surface area contributed by atoms with E-state index in [4.69, 9.17) is 5.73 Å². The highest BCUT2D eigenvalue weighted by molar-refractivity contribution is 7.89. The number of benzene rings is 1. The van der Waals surface area contributed by atoms with Gasteiger partial charge in [0.15, 0.2) is 0 Å². The second-order valence-corrected chi connectivity index (χ2v) is 5.41. The summed E-state index contributed by atoms with van der Waals surface area (Å²) in [6, 6.07) is 6.21. The zero-order chi connectivity index (χ0) is 12.9. The maximum atomic E-state index is 12.2. The molecule has 0 aromatic heterocycles. The van der Waals surface area contributed by atoms with Gasteiger partial charge in [0.2, 0.25) is 10.0 Å². The minimum Gasteiger partial charge on any atom is -0.399 e. The normalized spacial score (nSPS) is 11.4. The van der Waals surface area contributed by atoms with Gasteiger partial charge in [0.25, 0.3) is 0 Å². The number of rotatable bonds is 6. The summed E-state index contributed by atoms with van der Waals surface area (Å²) in [5.41, 5.74) is 6.00. The summed E-state index contributed by atoms with van der Waals surface area (Å²) in [5, 5.41) is 0. The zero-order valence-corrected chi connectivity index (χ0v) is 10.4. The van der Waals surface area contributed by atoms with Gasteiger partial charge in [-0.3, -0.25) is 0 Å². The molecule has 17 heavy (non-hydrogen) atoms. The molecule has 0 atom stereocenters. The molecular weight excluding hydrogens is 236 g/mol. The second-order valence-electron chi connectivity index (χ2n) is 3.47. The van der Waals surface area contributed by atoms with Crippen LogP contribution in [-0.2, 0) is 10.0 Å². The average Bonchev–Trinajstić information content (AvgIpc) is 2.29. The first kappa shape index (κ1) is 13.5. The summed E-state index contributed by atoms with van der Waals surface area (Å²) in [4.78, 5) is 0.182. The first-order valence-corrected chi connectivity index (χ1v) is 6.54. The molecule has 0 aliphatic rings. The van der Waals surface area contributed by atoms with Gasteiger partial charge in [-0.05, 0) is 18.2 Å². The molecule has 92 valence electrons. The van der Waals surface area contributed by atoms with Crippen LogP contribution in [0.5, 0.6) is 0 Å². The van der Waals surface area contributed by atoms with Gasteiger partial charge >= 0.3 is 0 Å². The van der Waals surface area contributed by atoms with E-state index >= 15 is 0 Å².